The molecule has 4 nitrogen and oxygen atoms in total. The van der Waals surface area contributed by atoms with E-state index in [1.807, 2.05) is 6.92 Å². The molecule has 2 N–H and O–H groups in total. The summed E-state index contributed by atoms with van der Waals surface area (Å²) < 4.78 is 23.5. The molecular weight excluding hydrogens is 273 g/mol. The van der Waals surface area contributed by atoms with Crippen molar-refractivity contribution >= 4 is 11.7 Å². The lowest BCUT2D eigenvalue weighted by Crippen LogP contribution is -2.06. The van der Waals surface area contributed by atoms with E-state index < -0.39 is 11.8 Å². The molecular formula is C16H16FNO3. The average molecular weight is 289 g/mol. The van der Waals surface area contributed by atoms with Gasteiger partial charge in [0.1, 0.15) is 6.61 Å². The van der Waals surface area contributed by atoms with Crippen LogP contribution in [-0.4, -0.2) is 13.1 Å². The summed E-state index contributed by atoms with van der Waals surface area (Å²) in [5, 5.41) is 0. The number of hydrogen-bond acceptors (Lipinski definition) is 4. The lowest BCUT2D eigenvalue weighted by Gasteiger charge is -2.08. The van der Waals surface area contributed by atoms with E-state index >= 15 is 0 Å². The van der Waals surface area contributed by atoms with Gasteiger partial charge in [-0.05, 0) is 42.3 Å². The maximum atomic E-state index is 13.5. The average Bonchev–Trinajstić information content (AvgIpc) is 2.47. The van der Waals surface area contributed by atoms with Crippen LogP contribution in [-0.2, 0) is 11.3 Å². The number of carbonyl (C=O) groups excluding carboxylic acids is 1. The minimum atomic E-state index is -0.502. The van der Waals surface area contributed by atoms with Crippen LogP contribution >= 0.6 is 0 Å². The Morgan fingerprint density at radius 1 is 1.24 bits per heavy atom. The van der Waals surface area contributed by atoms with Crippen LogP contribution in [0, 0.1) is 12.7 Å². The smallest absolute Gasteiger partial charge is 0.338 e. The summed E-state index contributed by atoms with van der Waals surface area (Å²) in [6, 6.07) is 9.35. The van der Waals surface area contributed by atoms with Gasteiger partial charge in [-0.25, -0.2) is 9.18 Å². The Morgan fingerprint density at radius 2 is 2.00 bits per heavy atom. The Morgan fingerprint density at radius 3 is 2.62 bits per heavy atom. The van der Waals surface area contributed by atoms with Crippen molar-refractivity contribution in [3.63, 3.8) is 0 Å². The zero-order valence-corrected chi connectivity index (χ0v) is 11.9. The molecule has 0 saturated carbocycles. The first-order valence-corrected chi connectivity index (χ1v) is 6.37. The standard InChI is InChI=1S/C16H16FNO3/c1-10-3-5-12(8-14(10)18)16(19)21-9-11-4-6-15(20-2)13(17)7-11/h3-8H,9,18H2,1-2H3. The quantitative estimate of drug-likeness (QED) is 0.694. The number of nitrogens with two attached hydrogens (primary N) is 1. The highest BCUT2D eigenvalue weighted by Crippen LogP contribution is 2.19. The SMILES string of the molecule is COc1ccc(COC(=O)c2ccc(C)c(N)c2)cc1F. The van der Waals surface area contributed by atoms with Crippen LogP contribution in [0.15, 0.2) is 36.4 Å². The predicted octanol–water partition coefficient (Wildman–Crippen LogP) is 3.08. The van der Waals surface area contributed by atoms with Crippen molar-refractivity contribution in [2.45, 2.75) is 13.5 Å². The Kier molecular flexibility index (Phi) is 4.42. The molecule has 0 aliphatic rings. The normalized spacial score (nSPS) is 10.2. The first-order chi connectivity index (χ1) is 10.0. The molecule has 0 amide bonds. The van der Waals surface area contributed by atoms with Crippen LogP contribution < -0.4 is 10.5 Å². The molecule has 0 spiro atoms. The van der Waals surface area contributed by atoms with Gasteiger partial charge < -0.3 is 15.2 Å². The molecule has 0 unspecified atom stereocenters. The maximum absolute atomic E-state index is 13.5. The van der Waals surface area contributed by atoms with E-state index in [0.717, 1.165) is 5.56 Å². The van der Waals surface area contributed by atoms with Gasteiger partial charge in [-0.2, -0.15) is 0 Å². The molecule has 0 heterocycles. The largest absolute Gasteiger partial charge is 0.494 e. The monoisotopic (exact) mass is 289 g/mol. The van der Waals surface area contributed by atoms with Crippen LogP contribution in [0.3, 0.4) is 0 Å². The van der Waals surface area contributed by atoms with Gasteiger partial charge >= 0.3 is 5.97 Å². The molecule has 21 heavy (non-hydrogen) atoms. The number of esters is 1. The molecule has 2 aromatic carbocycles. The second kappa shape index (κ2) is 6.26. The fourth-order valence-corrected chi connectivity index (χ4v) is 1.80. The predicted molar refractivity (Wildman–Crippen MR) is 77.7 cm³/mol. The van der Waals surface area contributed by atoms with E-state index in [1.165, 1.54) is 19.2 Å². The molecule has 0 bridgehead atoms. The topological polar surface area (TPSA) is 61.5 Å². The number of benzene rings is 2. The van der Waals surface area contributed by atoms with Gasteiger partial charge in [-0.15, -0.1) is 0 Å². The Balaban J connectivity index is 2.03. The van der Waals surface area contributed by atoms with Crippen LogP contribution in [0.25, 0.3) is 0 Å². The van der Waals surface area contributed by atoms with Crippen LogP contribution in [0.1, 0.15) is 21.5 Å². The number of methoxy groups -OCH3 is 1. The minimum Gasteiger partial charge on any atom is -0.494 e. The van der Waals surface area contributed by atoms with Crippen molar-refractivity contribution in [1.29, 1.82) is 0 Å². The fraction of sp³-hybridized carbons (Fsp3) is 0.188. The Hall–Kier alpha value is -2.56. The molecule has 0 fully saturated rings. The summed E-state index contributed by atoms with van der Waals surface area (Å²) in [6.45, 7) is 1.83. The second-order valence-electron chi connectivity index (χ2n) is 4.62. The molecule has 2 rings (SSSR count). The van der Waals surface area contributed by atoms with Crippen LogP contribution in [0.4, 0.5) is 10.1 Å². The first kappa shape index (κ1) is 14.8. The number of anilines is 1. The van der Waals surface area contributed by atoms with Crippen molar-refractivity contribution in [1.82, 2.24) is 0 Å². The molecule has 0 aromatic heterocycles. The summed E-state index contributed by atoms with van der Waals surface area (Å²) >= 11 is 0. The Bertz CT molecular complexity index is 671. The van der Waals surface area contributed by atoms with Crippen molar-refractivity contribution < 1.29 is 18.7 Å². The zero-order chi connectivity index (χ0) is 15.4. The van der Waals surface area contributed by atoms with E-state index in [2.05, 4.69) is 0 Å². The lowest BCUT2D eigenvalue weighted by atomic mass is 10.1. The molecule has 2 aromatic rings. The van der Waals surface area contributed by atoms with Gasteiger partial charge in [0, 0.05) is 5.69 Å². The van der Waals surface area contributed by atoms with E-state index in [-0.39, 0.29) is 12.4 Å². The summed E-state index contributed by atoms with van der Waals surface area (Å²) in [6.07, 6.45) is 0. The van der Waals surface area contributed by atoms with Gasteiger partial charge in [0.2, 0.25) is 0 Å². The van der Waals surface area contributed by atoms with E-state index in [0.29, 0.717) is 16.8 Å². The van der Waals surface area contributed by atoms with E-state index in [9.17, 15) is 9.18 Å². The van der Waals surface area contributed by atoms with Gasteiger partial charge in [0.25, 0.3) is 0 Å². The van der Waals surface area contributed by atoms with Crippen molar-refractivity contribution in [2.24, 2.45) is 0 Å². The third-order valence-electron chi connectivity index (χ3n) is 3.10. The molecule has 0 atom stereocenters. The summed E-state index contributed by atoms with van der Waals surface area (Å²) in [4.78, 5) is 11.9. The molecule has 0 aliphatic carbocycles. The number of aryl methyl sites for hydroxylation is 1. The Labute approximate surface area is 122 Å². The highest BCUT2D eigenvalue weighted by Gasteiger charge is 2.10. The number of hydrogen-bond donors (Lipinski definition) is 1. The van der Waals surface area contributed by atoms with E-state index in [4.69, 9.17) is 15.2 Å². The number of carbonyl (C=O) groups is 1. The highest BCUT2D eigenvalue weighted by atomic mass is 19.1. The highest BCUT2D eigenvalue weighted by molar-refractivity contribution is 5.90. The van der Waals surface area contributed by atoms with Crippen LogP contribution in [0.5, 0.6) is 5.75 Å². The summed E-state index contributed by atoms with van der Waals surface area (Å²) in [5.41, 5.74) is 8.08. The van der Waals surface area contributed by atoms with Gasteiger partial charge in [-0.1, -0.05) is 12.1 Å². The number of nitrogen functional groups attached to an aromatic ring is 1. The molecule has 0 radical (unpaired) electrons. The second-order valence-corrected chi connectivity index (χ2v) is 4.62. The lowest BCUT2D eigenvalue weighted by molar-refractivity contribution is 0.0472. The maximum Gasteiger partial charge on any atom is 0.338 e. The third kappa shape index (κ3) is 3.51. The molecule has 5 heteroatoms. The van der Waals surface area contributed by atoms with Gasteiger partial charge in [0.05, 0.1) is 12.7 Å². The first-order valence-electron chi connectivity index (χ1n) is 6.37. The van der Waals surface area contributed by atoms with Crippen molar-refractivity contribution in [3.05, 3.63) is 58.9 Å². The van der Waals surface area contributed by atoms with E-state index in [1.54, 1.807) is 24.3 Å². The summed E-state index contributed by atoms with van der Waals surface area (Å²) in [7, 11) is 1.39. The van der Waals surface area contributed by atoms with Crippen molar-refractivity contribution in [2.75, 3.05) is 12.8 Å². The van der Waals surface area contributed by atoms with Crippen LogP contribution in [0.2, 0.25) is 0 Å². The number of ether oxygens (including phenoxy) is 2. The number of rotatable bonds is 4. The van der Waals surface area contributed by atoms with Gasteiger partial charge in [0.15, 0.2) is 11.6 Å². The molecule has 0 aliphatic heterocycles. The van der Waals surface area contributed by atoms with Crippen molar-refractivity contribution in [3.8, 4) is 5.75 Å². The number of halogens is 1. The molecule has 110 valence electrons. The molecule has 0 saturated heterocycles. The zero-order valence-electron chi connectivity index (χ0n) is 11.9. The summed E-state index contributed by atoms with van der Waals surface area (Å²) in [5.74, 6) is -0.847. The van der Waals surface area contributed by atoms with Gasteiger partial charge in [-0.3, -0.25) is 0 Å². The third-order valence-corrected chi connectivity index (χ3v) is 3.10. The minimum absolute atomic E-state index is 0.0203. The fourth-order valence-electron chi connectivity index (χ4n) is 1.80.